The van der Waals surface area contributed by atoms with Gasteiger partial charge in [0.2, 0.25) is 0 Å². The molecule has 1 rings (SSSR count). The number of carbonyl (C=O) groups is 1. The highest BCUT2D eigenvalue weighted by Crippen LogP contribution is 2.17. The number of halogens is 1. The molecule has 0 aliphatic carbocycles. The SMILES string of the molecule is COC[C@H](NC(=O)OC(C)(C)C)c1ccnc(Br)c1. The van der Waals surface area contributed by atoms with Crippen LogP contribution >= 0.6 is 15.9 Å². The van der Waals surface area contributed by atoms with Crippen LogP contribution in [0.3, 0.4) is 0 Å². The van der Waals surface area contributed by atoms with E-state index in [2.05, 4.69) is 26.2 Å². The molecule has 0 aliphatic heterocycles. The maximum atomic E-state index is 11.8. The van der Waals surface area contributed by atoms with Gasteiger partial charge in [0.15, 0.2) is 0 Å². The zero-order chi connectivity index (χ0) is 14.5. The average Bonchev–Trinajstić information content (AvgIpc) is 2.26. The van der Waals surface area contributed by atoms with Crippen molar-refractivity contribution in [2.45, 2.75) is 32.4 Å². The summed E-state index contributed by atoms with van der Waals surface area (Å²) in [6.45, 7) is 5.82. The molecule has 5 nitrogen and oxygen atoms in total. The summed E-state index contributed by atoms with van der Waals surface area (Å²) in [6.07, 6.45) is 1.20. The number of amides is 1. The fourth-order valence-corrected chi connectivity index (χ4v) is 1.85. The summed E-state index contributed by atoms with van der Waals surface area (Å²) in [6, 6.07) is 3.38. The third kappa shape index (κ3) is 6.02. The molecule has 0 aliphatic rings. The van der Waals surface area contributed by atoms with Gasteiger partial charge in [-0.05, 0) is 54.4 Å². The first-order valence-electron chi connectivity index (χ1n) is 5.92. The molecule has 0 aromatic carbocycles. The highest BCUT2D eigenvalue weighted by atomic mass is 79.9. The van der Waals surface area contributed by atoms with Crippen molar-refractivity contribution in [1.82, 2.24) is 10.3 Å². The fraction of sp³-hybridized carbons (Fsp3) is 0.538. The van der Waals surface area contributed by atoms with Crippen LogP contribution < -0.4 is 5.32 Å². The summed E-state index contributed by atoms with van der Waals surface area (Å²) in [4.78, 5) is 15.8. The standard InChI is InChI=1S/C13H19BrN2O3/c1-13(2,3)19-12(17)16-10(8-18-4)9-5-6-15-11(14)7-9/h5-7,10H,8H2,1-4H3,(H,16,17)/t10-/m0/s1. The minimum absolute atomic E-state index is 0.279. The van der Waals surface area contributed by atoms with Gasteiger partial charge in [0.1, 0.15) is 10.2 Å². The van der Waals surface area contributed by atoms with Crippen molar-refractivity contribution in [3.05, 3.63) is 28.5 Å². The lowest BCUT2D eigenvalue weighted by molar-refractivity contribution is 0.0468. The summed E-state index contributed by atoms with van der Waals surface area (Å²) < 4.78 is 11.1. The lowest BCUT2D eigenvalue weighted by Crippen LogP contribution is -2.36. The van der Waals surface area contributed by atoms with Gasteiger partial charge in [0.25, 0.3) is 0 Å². The number of ether oxygens (including phenoxy) is 2. The lowest BCUT2D eigenvalue weighted by atomic mass is 10.1. The maximum Gasteiger partial charge on any atom is 0.408 e. The van der Waals surface area contributed by atoms with E-state index in [-0.39, 0.29) is 6.04 Å². The molecule has 1 heterocycles. The van der Waals surface area contributed by atoms with Crippen molar-refractivity contribution in [3.63, 3.8) is 0 Å². The van der Waals surface area contributed by atoms with Crippen LogP contribution in [0.2, 0.25) is 0 Å². The van der Waals surface area contributed by atoms with Crippen molar-refractivity contribution in [3.8, 4) is 0 Å². The predicted octanol–water partition coefficient (Wildman–Crippen LogP) is 3.06. The molecular formula is C13H19BrN2O3. The van der Waals surface area contributed by atoms with E-state index < -0.39 is 11.7 Å². The molecule has 0 unspecified atom stereocenters. The van der Waals surface area contributed by atoms with Crippen LogP contribution in [0.1, 0.15) is 32.4 Å². The van der Waals surface area contributed by atoms with Crippen molar-refractivity contribution in [2.24, 2.45) is 0 Å². The number of hydrogen-bond donors (Lipinski definition) is 1. The van der Waals surface area contributed by atoms with Crippen molar-refractivity contribution < 1.29 is 14.3 Å². The fourth-order valence-electron chi connectivity index (χ4n) is 1.47. The number of pyridine rings is 1. The molecule has 1 aromatic rings. The average molecular weight is 331 g/mol. The first-order valence-corrected chi connectivity index (χ1v) is 6.71. The third-order valence-corrected chi connectivity index (χ3v) is 2.61. The Morgan fingerprint density at radius 1 is 1.53 bits per heavy atom. The van der Waals surface area contributed by atoms with Crippen LogP contribution in [0.4, 0.5) is 4.79 Å². The van der Waals surface area contributed by atoms with E-state index in [0.717, 1.165) is 5.56 Å². The van der Waals surface area contributed by atoms with Gasteiger partial charge in [-0.2, -0.15) is 0 Å². The van der Waals surface area contributed by atoms with Gasteiger partial charge in [-0.1, -0.05) is 0 Å². The molecule has 106 valence electrons. The summed E-state index contributed by atoms with van der Waals surface area (Å²) in [5.74, 6) is 0. The molecule has 19 heavy (non-hydrogen) atoms. The normalized spacial score (nSPS) is 12.9. The molecule has 1 atom stereocenters. The largest absolute Gasteiger partial charge is 0.444 e. The number of hydrogen-bond acceptors (Lipinski definition) is 4. The first kappa shape index (κ1) is 15.9. The van der Waals surface area contributed by atoms with Crippen LogP contribution in [0.5, 0.6) is 0 Å². The number of aromatic nitrogens is 1. The van der Waals surface area contributed by atoms with E-state index in [9.17, 15) is 4.79 Å². The third-order valence-electron chi connectivity index (χ3n) is 2.18. The van der Waals surface area contributed by atoms with Crippen LogP contribution in [0, 0.1) is 0 Å². The van der Waals surface area contributed by atoms with Gasteiger partial charge in [-0.3, -0.25) is 0 Å². The summed E-state index contributed by atoms with van der Waals surface area (Å²) in [5, 5.41) is 2.78. The number of nitrogens with one attached hydrogen (secondary N) is 1. The quantitative estimate of drug-likeness (QED) is 0.862. The number of alkyl carbamates (subject to hydrolysis) is 1. The molecule has 0 saturated carbocycles. The van der Waals surface area contributed by atoms with Crippen LogP contribution in [0.15, 0.2) is 22.9 Å². The van der Waals surface area contributed by atoms with E-state index in [1.54, 1.807) is 13.3 Å². The number of rotatable bonds is 4. The minimum Gasteiger partial charge on any atom is -0.444 e. The Labute approximate surface area is 121 Å². The van der Waals surface area contributed by atoms with Crippen molar-refractivity contribution in [2.75, 3.05) is 13.7 Å². The Morgan fingerprint density at radius 3 is 2.74 bits per heavy atom. The van der Waals surface area contributed by atoms with E-state index >= 15 is 0 Å². The molecule has 0 fully saturated rings. The van der Waals surface area contributed by atoms with Crippen LogP contribution in [-0.2, 0) is 9.47 Å². The van der Waals surface area contributed by atoms with E-state index in [0.29, 0.717) is 11.2 Å². The van der Waals surface area contributed by atoms with E-state index in [4.69, 9.17) is 9.47 Å². The number of carbonyl (C=O) groups excluding carboxylic acids is 1. The van der Waals surface area contributed by atoms with Gasteiger partial charge in [-0.15, -0.1) is 0 Å². The number of methoxy groups -OCH3 is 1. The van der Waals surface area contributed by atoms with E-state index in [1.165, 1.54) is 0 Å². The minimum atomic E-state index is -0.527. The molecule has 1 amide bonds. The Kier molecular flexibility index (Phi) is 5.75. The highest BCUT2D eigenvalue weighted by molar-refractivity contribution is 9.10. The van der Waals surface area contributed by atoms with Gasteiger partial charge in [0, 0.05) is 13.3 Å². The lowest BCUT2D eigenvalue weighted by Gasteiger charge is -2.23. The monoisotopic (exact) mass is 330 g/mol. The molecular weight excluding hydrogens is 312 g/mol. The van der Waals surface area contributed by atoms with Crippen molar-refractivity contribution >= 4 is 22.0 Å². The Hall–Kier alpha value is -1.14. The van der Waals surface area contributed by atoms with E-state index in [1.807, 2.05) is 32.9 Å². The smallest absolute Gasteiger partial charge is 0.408 e. The second-order valence-corrected chi connectivity index (χ2v) is 5.88. The molecule has 0 spiro atoms. The molecule has 0 radical (unpaired) electrons. The first-order chi connectivity index (χ1) is 8.81. The molecule has 6 heteroatoms. The predicted molar refractivity (Wildman–Crippen MR) is 75.9 cm³/mol. The van der Waals surface area contributed by atoms with Gasteiger partial charge >= 0.3 is 6.09 Å². The van der Waals surface area contributed by atoms with Gasteiger partial charge in [0.05, 0.1) is 12.6 Å². The Morgan fingerprint density at radius 2 is 2.21 bits per heavy atom. The topological polar surface area (TPSA) is 60.5 Å². The molecule has 1 N–H and O–H groups in total. The Bertz CT molecular complexity index is 432. The highest BCUT2D eigenvalue weighted by Gasteiger charge is 2.20. The summed E-state index contributed by atoms with van der Waals surface area (Å²) in [7, 11) is 1.58. The second-order valence-electron chi connectivity index (χ2n) is 5.07. The second kappa shape index (κ2) is 6.86. The molecule has 1 aromatic heterocycles. The van der Waals surface area contributed by atoms with Crippen LogP contribution in [-0.4, -0.2) is 30.4 Å². The van der Waals surface area contributed by atoms with Gasteiger partial charge in [-0.25, -0.2) is 9.78 Å². The van der Waals surface area contributed by atoms with Crippen molar-refractivity contribution in [1.29, 1.82) is 0 Å². The molecule has 0 bridgehead atoms. The van der Waals surface area contributed by atoms with Gasteiger partial charge < -0.3 is 14.8 Å². The summed E-state index contributed by atoms with van der Waals surface area (Å²) >= 11 is 3.30. The van der Waals surface area contributed by atoms with Crippen LogP contribution in [0.25, 0.3) is 0 Å². The number of nitrogens with zero attached hydrogens (tertiary/aromatic N) is 1. The zero-order valence-electron chi connectivity index (χ0n) is 11.6. The molecule has 0 saturated heterocycles. The zero-order valence-corrected chi connectivity index (χ0v) is 13.2. The Balaban J connectivity index is 2.76. The summed E-state index contributed by atoms with van der Waals surface area (Å²) in [5.41, 5.74) is 0.371. The maximum absolute atomic E-state index is 11.8.